The van der Waals surface area contributed by atoms with Gasteiger partial charge >= 0.3 is 0 Å². The highest BCUT2D eigenvalue weighted by Crippen LogP contribution is 2.14. The zero-order chi connectivity index (χ0) is 13.0. The molecular weight excluding hydrogens is 255 g/mol. The van der Waals surface area contributed by atoms with Crippen molar-refractivity contribution < 1.29 is 4.39 Å². The van der Waals surface area contributed by atoms with Gasteiger partial charge in [0.25, 0.3) is 0 Å². The molecule has 1 aromatic heterocycles. The van der Waals surface area contributed by atoms with Crippen LogP contribution in [0.1, 0.15) is 11.4 Å². The number of benzene rings is 1. The Bertz CT molecular complexity index is 527. The summed E-state index contributed by atoms with van der Waals surface area (Å²) in [6.07, 6.45) is 2.42. The van der Waals surface area contributed by atoms with Crippen LogP contribution in [0.5, 0.6) is 0 Å². The van der Waals surface area contributed by atoms with E-state index >= 15 is 0 Å². The molecule has 2 aromatic rings. The smallest absolute Gasteiger partial charge is 0.133 e. The number of nitrogens with zero attached hydrogens (tertiary/aromatic N) is 3. The quantitative estimate of drug-likeness (QED) is 0.843. The summed E-state index contributed by atoms with van der Waals surface area (Å²) in [5.74, 6) is 0.618. The summed E-state index contributed by atoms with van der Waals surface area (Å²) >= 11 is 5.68. The van der Waals surface area contributed by atoms with Crippen LogP contribution in [0, 0.1) is 5.82 Å². The molecule has 0 aliphatic carbocycles. The molecule has 0 spiro atoms. The van der Waals surface area contributed by atoms with Gasteiger partial charge in [0, 0.05) is 37.1 Å². The van der Waals surface area contributed by atoms with E-state index in [0.29, 0.717) is 23.7 Å². The van der Waals surface area contributed by atoms with E-state index in [0.717, 1.165) is 12.2 Å². The molecule has 0 aliphatic rings. The van der Waals surface area contributed by atoms with Crippen LogP contribution in [0.3, 0.4) is 0 Å². The zero-order valence-electron chi connectivity index (χ0n) is 10.0. The summed E-state index contributed by atoms with van der Waals surface area (Å²) in [5.41, 5.74) is 0.609. The van der Waals surface area contributed by atoms with E-state index in [4.69, 9.17) is 11.6 Å². The van der Waals surface area contributed by atoms with Gasteiger partial charge in [0.05, 0.1) is 0 Å². The summed E-state index contributed by atoms with van der Waals surface area (Å²) in [6.45, 7) is 1.19. The van der Waals surface area contributed by atoms with Crippen LogP contribution in [0.15, 0.2) is 24.5 Å². The Kier molecular flexibility index (Phi) is 4.28. The minimum absolute atomic E-state index is 0.284. The fraction of sp³-hybridized carbons (Fsp3) is 0.333. The van der Waals surface area contributed by atoms with Gasteiger partial charge in [-0.25, -0.2) is 4.39 Å². The first-order chi connectivity index (χ1) is 8.66. The Labute approximate surface area is 110 Å². The Morgan fingerprint density at radius 3 is 2.94 bits per heavy atom. The highest BCUT2D eigenvalue weighted by atomic mass is 35.5. The van der Waals surface area contributed by atoms with Gasteiger partial charge in [0.2, 0.25) is 0 Å². The summed E-state index contributed by atoms with van der Waals surface area (Å²) in [4.78, 5) is 0. The van der Waals surface area contributed by atoms with Gasteiger partial charge in [-0.3, -0.25) is 0 Å². The number of rotatable bonds is 5. The molecule has 6 heteroatoms. The molecule has 18 heavy (non-hydrogen) atoms. The standard InChI is InChI=1S/C12H14ClFN4/c1-18-8-16-17-12(18)4-5-15-7-9-2-3-10(13)6-11(9)14/h2-3,6,8,15H,4-5,7H2,1H3. The summed E-state index contributed by atoms with van der Waals surface area (Å²) in [5, 5.41) is 11.3. The molecule has 1 N–H and O–H groups in total. The molecule has 0 radical (unpaired) electrons. The normalized spacial score (nSPS) is 10.8. The molecule has 96 valence electrons. The molecule has 0 atom stereocenters. The van der Waals surface area contributed by atoms with Crippen LogP contribution < -0.4 is 5.32 Å². The van der Waals surface area contributed by atoms with Crippen molar-refractivity contribution in [1.82, 2.24) is 20.1 Å². The maximum atomic E-state index is 13.5. The highest BCUT2D eigenvalue weighted by Gasteiger charge is 2.03. The van der Waals surface area contributed by atoms with Crippen molar-refractivity contribution in [1.29, 1.82) is 0 Å². The number of hydrogen-bond donors (Lipinski definition) is 1. The van der Waals surface area contributed by atoms with Gasteiger partial charge in [-0.15, -0.1) is 10.2 Å². The van der Waals surface area contributed by atoms with Crippen molar-refractivity contribution in [3.63, 3.8) is 0 Å². The fourth-order valence-corrected chi connectivity index (χ4v) is 1.78. The lowest BCUT2D eigenvalue weighted by molar-refractivity contribution is 0.584. The van der Waals surface area contributed by atoms with Crippen molar-refractivity contribution in [2.75, 3.05) is 6.54 Å². The second-order valence-electron chi connectivity index (χ2n) is 4.02. The van der Waals surface area contributed by atoms with Crippen LogP contribution in [0.2, 0.25) is 5.02 Å². The maximum Gasteiger partial charge on any atom is 0.133 e. The van der Waals surface area contributed by atoms with Gasteiger partial charge in [0.15, 0.2) is 0 Å². The third-order valence-electron chi connectivity index (χ3n) is 2.66. The summed E-state index contributed by atoms with van der Waals surface area (Å²) in [6, 6.07) is 4.69. The van der Waals surface area contributed by atoms with Crippen molar-refractivity contribution in [2.45, 2.75) is 13.0 Å². The average molecular weight is 269 g/mol. The van der Waals surface area contributed by atoms with Gasteiger partial charge < -0.3 is 9.88 Å². The highest BCUT2D eigenvalue weighted by molar-refractivity contribution is 6.30. The van der Waals surface area contributed by atoms with Crippen molar-refractivity contribution in [2.24, 2.45) is 7.05 Å². The van der Waals surface area contributed by atoms with E-state index in [9.17, 15) is 4.39 Å². The molecule has 0 amide bonds. The monoisotopic (exact) mass is 268 g/mol. The Hall–Kier alpha value is -1.46. The van der Waals surface area contributed by atoms with E-state index in [2.05, 4.69) is 15.5 Å². The number of halogens is 2. The molecule has 0 fully saturated rings. The molecule has 1 heterocycles. The maximum absolute atomic E-state index is 13.5. The van der Waals surface area contributed by atoms with Gasteiger partial charge in [-0.05, 0) is 12.1 Å². The lowest BCUT2D eigenvalue weighted by Crippen LogP contribution is -2.18. The van der Waals surface area contributed by atoms with Crippen LogP contribution >= 0.6 is 11.6 Å². The molecule has 0 saturated heterocycles. The Morgan fingerprint density at radius 1 is 1.44 bits per heavy atom. The minimum Gasteiger partial charge on any atom is -0.321 e. The largest absolute Gasteiger partial charge is 0.321 e. The van der Waals surface area contributed by atoms with E-state index in [-0.39, 0.29) is 5.82 Å². The molecule has 0 bridgehead atoms. The number of aryl methyl sites for hydroxylation is 1. The SMILES string of the molecule is Cn1cnnc1CCNCc1ccc(Cl)cc1F. The summed E-state index contributed by atoms with van der Waals surface area (Å²) < 4.78 is 15.3. The molecule has 4 nitrogen and oxygen atoms in total. The Balaban J connectivity index is 1.80. The first kappa shape index (κ1) is 13.0. The average Bonchev–Trinajstić information content (AvgIpc) is 2.73. The van der Waals surface area contributed by atoms with Crippen LogP contribution in [0.25, 0.3) is 0 Å². The van der Waals surface area contributed by atoms with Gasteiger partial charge in [-0.1, -0.05) is 17.7 Å². The molecule has 0 saturated carbocycles. The zero-order valence-corrected chi connectivity index (χ0v) is 10.8. The topological polar surface area (TPSA) is 42.7 Å². The number of nitrogens with one attached hydrogen (secondary N) is 1. The van der Waals surface area contributed by atoms with Gasteiger partial charge in [-0.2, -0.15) is 0 Å². The van der Waals surface area contributed by atoms with Crippen molar-refractivity contribution in [3.8, 4) is 0 Å². The van der Waals surface area contributed by atoms with E-state index in [1.54, 1.807) is 18.5 Å². The minimum atomic E-state index is -0.284. The second kappa shape index (κ2) is 5.93. The summed E-state index contributed by atoms with van der Waals surface area (Å²) in [7, 11) is 1.90. The van der Waals surface area contributed by atoms with E-state index in [1.807, 2.05) is 11.6 Å². The molecular formula is C12H14ClFN4. The molecule has 1 aromatic carbocycles. The van der Waals surface area contributed by atoms with Crippen LogP contribution in [-0.2, 0) is 20.0 Å². The number of hydrogen-bond acceptors (Lipinski definition) is 3. The Morgan fingerprint density at radius 2 is 2.28 bits per heavy atom. The van der Waals surface area contributed by atoms with E-state index in [1.165, 1.54) is 6.07 Å². The molecule has 0 unspecified atom stereocenters. The first-order valence-electron chi connectivity index (χ1n) is 5.64. The number of aromatic nitrogens is 3. The van der Waals surface area contributed by atoms with Crippen molar-refractivity contribution in [3.05, 3.63) is 46.8 Å². The lowest BCUT2D eigenvalue weighted by atomic mass is 10.2. The predicted molar refractivity (Wildman–Crippen MR) is 67.8 cm³/mol. The lowest BCUT2D eigenvalue weighted by Gasteiger charge is -2.06. The second-order valence-corrected chi connectivity index (χ2v) is 4.46. The van der Waals surface area contributed by atoms with Gasteiger partial charge in [0.1, 0.15) is 18.0 Å². The third kappa shape index (κ3) is 3.27. The predicted octanol–water partition coefficient (Wildman–Crippen LogP) is 1.94. The molecule has 0 aliphatic heterocycles. The van der Waals surface area contributed by atoms with E-state index < -0.39 is 0 Å². The molecule has 2 rings (SSSR count). The third-order valence-corrected chi connectivity index (χ3v) is 2.90. The van der Waals surface area contributed by atoms with Crippen LogP contribution in [0.4, 0.5) is 4.39 Å². The van der Waals surface area contributed by atoms with Crippen molar-refractivity contribution >= 4 is 11.6 Å². The van der Waals surface area contributed by atoms with Crippen LogP contribution in [-0.4, -0.2) is 21.3 Å². The first-order valence-corrected chi connectivity index (χ1v) is 6.02. The fourth-order valence-electron chi connectivity index (χ4n) is 1.62.